The average molecular weight is 143 g/mol. The Bertz CT molecular complexity index is 70.1. The van der Waals surface area contributed by atoms with E-state index in [2.05, 4.69) is 0 Å². The van der Waals surface area contributed by atoms with E-state index in [1.807, 2.05) is 0 Å². The minimum absolute atomic E-state index is 0.0767. The molecule has 0 aromatic carbocycles. The Labute approximate surface area is 51.9 Å². The molecule has 0 aliphatic rings. The second kappa shape index (κ2) is 4.41. The van der Waals surface area contributed by atoms with Crippen molar-refractivity contribution in [1.82, 2.24) is 0 Å². The number of halogens is 3. The standard InChI is InChI=1S/C4H5Cl2F/c5-2-1-4(7)3-6/h1H,2-3H2/b4-1-. The van der Waals surface area contributed by atoms with Crippen molar-refractivity contribution in [1.29, 1.82) is 0 Å². The Kier molecular flexibility index (Phi) is 4.57. The predicted octanol–water partition coefficient (Wildman–Crippen LogP) is 2.32. The monoisotopic (exact) mass is 142 g/mol. The van der Waals surface area contributed by atoms with Gasteiger partial charge in [-0.15, -0.1) is 23.2 Å². The van der Waals surface area contributed by atoms with E-state index < -0.39 is 0 Å². The zero-order chi connectivity index (χ0) is 5.70. The fourth-order valence-corrected chi connectivity index (χ4v) is 0.415. The van der Waals surface area contributed by atoms with Crippen LogP contribution < -0.4 is 0 Å². The van der Waals surface area contributed by atoms with Crippen molar-refractivity contribution in [2.75, 3.05) is 11.8 Å². The first-order valence-corrected chi connectivity index (χ1v) is 2.84. The van der Waals surface area contributed by atoms with Crippen LogP contribution >= 0.6 is 23.2 Å². The molecule has 0 nitrogen and oxygen atoms in total. The molecule has 0 spiro atoms. The summed E-state index contributed by atoms with van der Waals surface area (Å²) in [6.45, 7) is 0. The molecule has 0 aliphatic carbocycles. The van der Waals surface area contributed by atoms with E-state index >= 15 is 0 Å². The first-order valence-electron chi connectivity index (χ1n) is 1.77. The normalized spacial score (nSPS) is 12.1. The van der Waals surface area contributed by atoms with E-state index in [1.54, 1.807) is 0 Å². The highest BCUT2D eigenvalue weighted by Crippen LogP contribution is 1.97. The Morgan fingerprint density at radius 1 is 1.57 bits per heavy atom. The summed E-state index contributed by atoms with van der Waals surface area (Å²) >= 11 is 10.1. The van der Waals surface area contributed by atoms with E-state index in [9.17, 15) is 4.39 Å². The van der Waals surface area contributed by atoms with E-state index in [-0.39, 0.29) is 17.6 Å². The summed E-state index contributed by atoms with van der Waals surface area (Å²) in [5.41, 5.74) is 0. The molecule has 0 heterocycles. The first kappa shape index (κ1) is 7.25. The summed E-state index contributed by atoms with van der Waals surface area (Å²) < 4.78 is 11.8. The quantitative estimate of drug-likeness (QED) is 0.520. The molecule has 0 rings (SSSR count). The number of hydrogen-bond acceptors (Lipinski definition) is 0. The highest BCUT2D eigenvalue weighted by atomic mass is 35.5. The van der Waals surface area contributed by atoms with Gasteiger partial charge in [0.1, 0.15) is 5.83 Å². The second-order valence-corrected chi connectivity index (χ2v) is 1.51. The molecule has 0 atom stereocenters. The summed E-state index contributed by atoms with van der Waals surface area (Å²) in [6.07, 6.45) is 1.23. The molecule has 42 valence electrons. The third-order valence-corrected chi connectivity index (χ3v) is 0.836. The Hall–Kier alpha value is 0.250. The van der Waals surface area contributed by atoms with Crippen molar-refractivity contribution >= 4 is 23.2 Å². The topological polar surface area (TPSA) is 0 Å². The lowest BCUT2D eigenvalue weighted by Crippen LogP contribution is -1.72. The van der Waals surface area contributed by atoms with Crippen LogP contribution in [0.25, 0.3) is 0 Å². The first-order chi connectivity index (χ1) is 3.31. The minimum atomic E-state index is -0.364. The molecule has 7 heavy (non-hydrogen) atoms. The molecule has 0 aromatic rings. The fourth-order valence-electron chi connectivity index (χ4n) is 0.138. The highest BCUT2D eigenvalue weighted by Gasteiger charge is 1.85. The van der Waals surface area contributed by atoms with Gasteiger partial charge >= 0.3 is 0 Å². The van der Waals surface area contributed by atoms with Crippen LogP contribution in [-0.4, -0.2) is 11.8 Å². The van der Waals surface area contributed by atoms with Crippen molar-refractivity contribution in [2.24, 2.45) is 0 Å². The van der Waals surface area contributed by atoms with Gasteiger partial charge in [-0.05, 0) is 6.08 Å². The van der Waals surface area contributed by atoms with Crippen LogP contribution in [0.5, 0.6) is 0 Å². The van der Waals surface area contributed by atoms with Crippen LogP contribution in [0.3, 0.4) is 0 Å². The van der Waals surface area contributed by atoms with E-state index in [0.29, 0.717) is 0 Å². The van der Waals surface area contributed by atoms with Crippen molar-refractivity contribution < 1.29 is 4.39 Å². The highest BCUT2D eigenvalue weighted by molar-refractivity contribution is 6.20. The molecule has 0 saturated heterocycles. The molecular weight excluding hydrogens is 138 g/mol. The van der Waals surface area contributed by atoms with E-state index in [1.165, 1.54) is 6.08 Å². The lowest BCUT2D eigenvalue weighted by molar-refractivity contribution is 0.641. The Morgan fingerprint density at radius 2 is 2.14 bits per heavy atom. The van der Waals surface area contributed by atoms with Crippen LogP contribution in [0.15, 0.2) is 11.9 Å². The summed E-state index contributed by atoms with van der Waals surface area (Å²) in [7, 11) is 0. The van der Waals surface area contributed by atoms with Gasteiger partial charge in [-0.25, -0.2) is 4.39 Å². The maximum Gasteiger partial charge on any atom is 0.112 e. The molecule has 0 aromatic heterocycles. The zero-order valence-corrected chi connectivity index (χ0v) is 5.14. The Morgan fingerprint density at radius 3 is 2.29 bits per heavy atom. The molecule has 0 aliphatic heterocycles. The van der Waals surface area contributed by atoms with Crippen LogP contribution in [0.1, 0.15) is 0 Å². The molecular formula is C4H5Cl2F. The molecule has 0 unspecified atom stereocenters. The molecule has 0 bridgehead atoms. The second-order valence-electron chi connectivity index (χ2n) is 0.939. The molecule has 0 saturated carbocycles. The van der Waals surface area contributed by atoms with Crippen LogP contribution in [-0.2, 0) is 0 Å². The minimum Gasteiger partial charge on any atom is -0.211 e. The van der Waals surface area contributed by atoms with Gasteiger partial charge in [-0.2, -0.15) is 0 Å². The van der Waals surface area contributed by atoms with Crippen LogP contribution in [0, 0.1) is 0 Å². The van der Waals surface area contributed by atoms with E-state index in [0.717, 1.165) is 0 Å². The number of alkyl halides is 2. The smallest absolute Gasteiger partial charge is 0.112 e. The van der Waals surface area contributed by atoms with Gasteiger partial charge in [0.25, 0.3) is 0 Å². The lowest BCUT2D eigenvalue weighted by Gasteiger charge is -1.81. The summed E-state index contributed by atoms with van der Waals surface area (Å²) in [5.74, 6) is -0.248. The summed E-state index contributed by atoms with van der Waals surface area (Å²) in [4.78, 5) is 0. The van der Waals surface area contributed by atoms with Crippen molar-refractivity contribution in [3.63, 3.8) is 0 Å². The number of rotatable bonds is 2. The van der Waals surface area contributed by atoms with Crippen molar-refractivity contribution in [3.8, 4) is 0 Å². The Balaban J connectivity index is 3.29. The van der Waals surface area contributed by atoms with Gasteiger partial charge in [0.2, 0.25) is 0 Å². The van der Waals surface area contributed by atoms with Crippen molar-refractivity contribution in [2.45, 2.75) is 0 Å². The third kappa shape index (κ3) is 4.10. The van der Waals surface area contributed by atoms with Crippen molar-refractivity contribution in [3.05, 3.63) is 11.9 Å². The molecule has 3 heteroatoms. The van der Waals surface area contributed by atoms with Gasteiger partial charge in [-0.3, -0.25) is 0 Å². The zero-order valence-electron chi connectivity index (χ0n) is 3.63. The third-order valence-electron chi connectivity index (χ3n) is 0.426. The molecule has 0 fully saturated rings. The van der Waals surface area contributed by atoms with E-state index in [4.69, 9.17) is 23.2 Å². The fraction of sp³-hybridized carbons (Fsp3) is 0.500. The summed E-state index contributed by atoms with van der Waals surface area (Å²) in [5, 5.41) is 0. The summed E-state index contributed by atoms with van der Waals surface area (Å²) in [6, 6.07) is 0. The molecule has 0 amide bonds. The number of hydrogen-bond donors (Lipinski definition) is 0. The SMILES string of the molecule is F/C(=C\CCl)CCl. The predicted molar refractivity (Wildman–Crippen MR) is 30.6 cm³/mol. The average Bonchev–Trinajstić information content (AvgIpc) is 1.68. The maximum absolute atomic E-state index is 11.8. The molecule has 0 N–H and O–H groups in total. The van der Waals surface area contributed by atoms with Crippen LogP contribution in [0.4, 0.5) is 4.39 Å². The van der Waals surface area contributed by atoms with Gasteiger partial charge < -0.3 is 0 Å². The molecule has 0 radical (unpaired) electrons. The number of allylic oxidation sites excluding steroid dienone is 2. The maximum atomic E-state index is 11.8. The van der Waals surface area contributed by atoms with Gasteiger partial charge in [0.05, 0.1) is 5.88 Å². The van der Waals surface area contributed by atoms with Gasteiger partial charge in [-0.1, -0.05) is 0 Å². The van der Waals surface area contributed by atoms with Gasteiger partial charge in [0, 0.05) is 5.88 Å². The largest absolute Gasteiger partial charge is 0.211 e. The van der Waals surface area contributed by atoms with Crippen LogP contribution in [0.2, 0.25) is 0 Å². The lowest BCUT2D eigenvalue weighted by atomic mass is 10.5. The van der Waals surface area contributed by atoms with Gasteiger partial charge in [0.15, 0.2) is 0 Å².